The number of piperazine rings is 1. The molecule has 2 aliphatic heterocycles. The van der Waals surface area contributed by atoms with E-state index in [1.807, 2.05) is 43.5 Å². The molecule has 9 heteroatoms. The summed E-state index contributed by atoms with van der Waals surface area (Å²) in [4.78, 5) is 37.0. The number of benzene rings is 1. The maximum absolute atomic E-state index is 14.1. The molecule has 3 aromatic rings. The van der Waals surface area contributed by atoms with Crippen molar-refractivity contribution in [1.82, 2.24) is 20.2 Å². The van der Waals surface area contributed by atoms with Gasteiger partial charge in [0, 0.05) is 37.1 Å². The first-order valence-corrected chi connectivity index (χ1v) is 13.0. The van der Waals surface area contributed by atoms with Crippen LogP contribution in [0.5, 0.6) is 0 Å². The van der Waals surface area contributed by atoms with Crippen molar-refractivity contribution in [2.45, 2.75) is 50.1 Å². The quantitative estimate of drug-likeness (QED) is 0.536. The van der Waals surface area contributed by atoms with Crippen molar-refractivity contribution in [3.8, 4) is 0 Å². The predicted molar refractivity (Wildman–Crippen MR) is 143 cm³/mol. The summed E-state index contributed by atoms with van der Waals surface area (Å²) in [6, 6.07) is 9.16. The second-order valence-corrected chi connectivity index (χ2v) is 11.4. The van der Waals surface area contributed by atoms with E-state index in [1.54, 1.807) is 24.9 Å². The Kier molecular flexibility index (Phi) is 5.69. The van der Waals surface area contributed by atoms with E-state index in [4.69, 9.17) is 0 Å². The van der Waals surface area contributed by atoms with Crippen LogP contribution in [-0.4, -0.2) is 45.3 Å². The lowest BCUT2D eigenvalue weighted by Crippen LogP contribution is -2.68. The zero-order valence-corrected chi connectivity index (χ0v) is 22.0. The number of hydrogen-bond donors (Lipinski definition) is 2. The van der Waals surface area contributed by atoms with Gasteiger partial charge in [0.05, 0.1) is 22.2 Å². The Morgan fingerprint density at radius 3 is 2.54 bits per heavy atom. The van der Waals surface area contributed by atoms with Gasteiger partial charge in [0.1, 0.15) is 17.5 Å². The second kappa shape index (κ2) is 8.77. The van der Waals surface area contributed by atoms with E-state index in [9.17, 15) is 18.4 Å². The molecule has 2 atom stereocenters. The summed E-state index contributed by atoms with van der Waals surface area (Å²) in [5.41, 5.74) is 1.62. The second-order valence-electron chi connectivity index (χ2n) is 11.4. The van der Waals surface area contributed by atoms with Gasteiger partial charge in [-0.25, -0.2) is 13.8 Å². The normalized spacial score (nSPS) is 25.3. The van der Waals surface area contributed by atoms with Gasteiger partial charge in [0.2, 0.25) is 11.8 Å². The Bertz CT molecular complexity index is 1530. The van der Waals surface area contributed by atoms with E-state index >= 15 is 0 Å². The van der Waals surface area contributed by atoms with E-state index < -0.39 is 28.1 Å². The molecular weight excluding hydrogens is 500 g/mol. The van der Waals surface area contributed by atoms with Gasteiger partial charge in [-0.05, 0) is 80.6 Å². The van der Waals surface area contributed by atoms with Crippen LogP contribution in [-0.2, 0) is 33.4 Å². The molecular formula is C30H29F2N5O2. The molecule has 0 radical (unpaired) electrons. The van der Waals surface area contributed by atoms with Crippen LogP contribution in [0, 0.1) is 11.6 Å². The van der Waals surface area contributed by atoms with Crippen LogP contribution in [0.1, 0.15) is 48.7 Å². The number of hydrogen-bond acceptors (Lipinski definition) is 5. The van der Waals surface area contributed by atoms with E-state index in [1.165, 1.54) is 12.1 Å². The highest BCUT2D eigenvalue weighted by Crippen LogP contribution is 2.46. The fourth-order valence-electron chi connectivity index (χ4n) is 6.07. The molecule has 1 spiro atoms. The summed E-state index contributed by atoms with van der Waals surface area (Å²) in [6.07, 6.45) is 8.29. The maximum atomic E-state index is 14.1. The van der Waals surface area contributed by atoms with E-state index in [-0.39, 0.29) is 18.4 Å². The van der Waals surface area contributed by atoms with Gasteiger partial charge in [-0.1, -0.05) is 12.1 Å². The Hall–Kier alpha value is -3.98. The van der Waals surface area contributed by atoms with Crippen molar-refractivity contribution in [3.63, 3.8) is 0 Å². The molecule has 2 N–H and O–H groups in total. The van der Waals surface area contributed by atoms with Crippen LogP contribution in [0.4, 0.5) is 14.6 Å². The standard InChI is InChI=1S/C30H29F2N5O2/c1-28(2)27(39)37(29(3,17-35-28)20-11-21(31)13-22(32)12-20)9-5-6-23-10-18-14-30(15-19(18)16-34-23)24-7-4-8-33-25(24)36-26(30)38/h4-8,10-13,16,35H,9,14-15,17H2,1-3H3,(H,33,36,38)/b6-5+/t29-,30?/m0/s1. The number of halogens is 2. The van der Waals surface area contributed by atoms with Crippen molar-refractivity contribution in [2.24, 2.45) is 0 Å². The molecule has 0 bridgehead atoms. The number of rotatable bonds is 4. The van der Waals surface area contributed by atoms with Crippen molar-refractivity contribution in [1.29, 1.82) is 0 Å². The molecule has 6 rings (SSSR count). The molecule has 1 fully saturated rings. The highest BCUT2D eigenvalue weighted by molar-refractivity contribution is 6.06. The minimum Gasteiger partial charge on any atom is -0.327 e. The third-order valence-corrected chi connectivity index (χ3v) is 8.39. The molecule has 3 aliphatic rings. The summed E-state index contributed by atoms with van der Waals surface area (Å²) in [5.74, 6) is -0.971. The first-order valence-electron chi connectivity index (χ1n) is 13.0. The van der Waals surface area contributed by atoms with Gasteiger partial charge in [-0.3, -0.25) is 14.6 Å². The van der Waals surface area contributed by atoms with E-state index in [0.717, 1.165) is 22.8 Å². The largest absolute Gasteiger partial charge is 0.327 e. The third-order valence-electron chi connectivity index (χ3n) is 8.39. The Labute approximate surface area is 225 Å². The summed E-state index contributed by atoms with van der Waals surface area (Å²) in [5, 5.41) is 6.14. The fraction of sp³-hybridized carbons (Fsp3) is 0.333. The van der Waals surface area contributed by atoms with Gasteiger partial charge < -0.3 is 15.5 Å². The van der Waals surface area contributed by atoms with Gasteiger partial charge in [0.15, 0.2) is 0 Å². The monoisotopic (exact) mass is 529 g/mol. The molecule has 1 unspecified atom stereocenters. The molecule has 7 nitrogen and oxygen atoms in total. The summed E-state index contributed by atoms with van der Waals surface area (Å²) in [7, 11) is 0. The highest BCUT2D eigenvalue weighted by atomic mass is 19.1. The number of anilines is 1. The predicted octanol–water partition coefficient (Wildman–Crippen LogP) is 3.88. The minimum absolute atomic E-state index is 0.0441. The van der Waals surface area contributed by atoms with Gasteiger partial charge in [-0.2, -0.15) is 0 Å². The first-order chi connectivity index (χ1) is 18.5. The highest BCUT2D eigenvalue weighted by Gasteiger charge is 2.51. The lowest BCUT2D eigenvalue weighted by molar-refractivity contribution is -0.148. The zero-order chi connectivity index (χ0) is 27.6. The lowest BCUT2D eigenvalue weighted by Gasteiger charge is -2.50. The summed E-state index contributed by atoms with van der Waals surface area (Å²) in [6.45, 7) is 5.95. The fourth-order valence-corrected chi connectivity index (χ4v) is 6.07. The number of aromatic nitrogens is 2. The molecule has 1 aliphatic carbocycles. The van der Waals surface area contributed by atoms with E-state index in [2.05, 4.69) is 20.6 Å². The number of pyridine rings is 2. The number of nitrogens with zero attached hydrogens (tertiary/aromatic N) is 3. The van der Waals surface area contributed by atoms with Crippen LogP contribution in [0.15, 0.2) is 54.9 Å². The van der Waals surface area contributed by atoms with Gasteiger partial charge in [-0.15, -0.1) is 0 Å². The Balaban J connectivity index is 1.26. The molecule has 0 saturated carbocycles. The van der Waals surface area contributed by atoms with Crippen molar-refractivity contribution >= 4 is 23.7 Å². The lowest BCUT2D eigenvalue weighted by atomic mass is 9.79. The van der Waals surface area contributed by atoms with Crippen molar-refractivity contribution in [3.05, 3.63) is 94.5 Å². The summed E-state index contributed by atoms with van der Waals surface area (Å²) < 4.78 is 28.2. The molecule has 2 aromatic heterocycles. The van der Waals surface area contributed by atoms with Crippen LogP contribution in [0.25, 0.3) is 6.08 Å². The molecule has 1 aromatic carbocycles. The van der Waals surface area contributed by atoms with Crippen LogP contribution < -0.4 is 10.6 Å². The third kappa shape index (κ3) is 4.03. The smallest absolute Gasteiger partial charge is 0.243 e. The molecule has 200 valence electrons. The summed E-state index contributed by atoms with van der Waals surface area (Å²) >= 11 is 0. The van der Waals surface area contributed by atoms with E-state index in [0.29, 0.717) is 36.5 Å². The molecule has 2 amide bonds. The number of carbonyl (C=O) groups is 2. The zero-order valence-electron chi connectivity index (χ0n) is 22.0. The minimum atomic E-state index is -0.963. The van der Waals surface area contributed by atoms with Crippen molar-refractivity contribution < 1.29 is 18.4 Å². The average Bonchev–Trinajstić information content (AvgIpc) is 3.40. The number of fused-ring (bicyclic) bond motifs is 3. The number of amides is 2. The Morgan fingerprint density at radius 1 is 1.03 bits per heavy atom. The first kappa shape index (κ1) is 25.3. The average molecular weight is 530 g/mol. The topological polar surface area (TPSA) is 87.2 Å². The van der Waals surface area contributed by atoms with Gasteiger partial charge >= 0.3 is 0 Å². The molecule has 1 saturated heterocycles. The molecule has 39 heavy (non-hydrogen) atoms. The van der Waals surface area contributed by atoms with Crippen LogP contribution >= 0.6 is 0 Å². The van der Waals surface area contributed by atoms with Crippen LogP contribution in [0.2, 0.25) is 0 Å². The molecule has 4 heterocycles. The van der Waals surface area contributed by atoms with Gasteiger partial charge in [0.25, 0.3) is 0 Å². The Morgan fingerprint density at radius 2 is 1.77 bits per heavy atom. The maximum Gasteiger partial charge on any atom is 0.243 e. The van der Waals surface area contributed by atoms with Crippen molar-refractivity contribution in [2.75, 3.05) is 18.4 Å². The number of nitrogens with one attached hydrogen (secondary N) is 2. The number of carbonyl (C=O) groups excluding carboxylic acids is 2. The van der Waals surface area contributed by atoms with Crippen LogP contribution in [0.3, 0.4) is 0 Å². The SMILES string of the molecule is CC1(C)NC[C@@](C)(c2cc(F)cc(F)c2)N(C/C=C/c2cc3c(cn2)CC2(C3)C(=O)Nc3ncccc32)C1=O.